The summed E-state index contributed by atoms with van der Waals surface area (Å²) in [7, 11) is 0. The SMILES string of the molecule is CCOc1ccc(N2C(=O)C(C3CC3)NC(=O)C2C)cc1. The van der Waals surface area contributed by atoms with E-state index < -0.39 is 6.04 Å². The van der Waals surface area contributed by atoms with Crippen LogP contribution in [0.4, 0.5) is 5.69 Å². The Kier molecular flexibility index (Phi) is 3.57. The molecule has 5 nitrogen and oxygen atoms in total. The molecule has 0 bridgehead atoms. The molecule has 1 saturated heterocycles. The van der Waals surface area contributed by atoms with E-state index in [1.807, 2.05) is 31.2 Å². The van der Waals surface area contributed by atoms with E-state index in [-0.39, 0.29) is 17.9 Å². The minimum absolute atomic E-state index is 0.00578. The highest BCUT2D eigenvalue weighted by molar-refractivity contribution is 6.08. The van der Waals surface area contributed by atoms with Gasteiger partial charge in [0.05, 0.1) is 6.61 Å². The van der Waals surface area contributed by atoms with E-state index in [9.17, 15) is 9.59 Å². The van der Waals surface area contributed by atoms with Crippen LogP contribution >= 0.6 is 0 Å². The number of carbonyl (C=O) groups excluding carboxylic acids is 2. The lowest BCUT2D eigenvalue weighted by molar-refractivity contribution is -0.133. The van der Waals surface area contributed by atoms with Gasteiger partial charge in [-0.1, -0.05) is 0 Å². The van der Waals surface area contributed by atoms with Crippen molar-refractivity contribution in [2.75, 3.05) is 11.5 Å². The van der Waals surface area contributed by atoms with Crippen LogP contribution in [-0.4, -0.2) is 30.5 Å². The van der Waals surface area contributed by atoms with Gasteiger partial charge in [-0.25, -0.2) is 0 Å². The Balaban J connectivity index is 1.86. The van der Waals surface area contributed by atoms with Crippen molar-refractivity contribution in [3.63, 3.8) is 0 Å². The molecule has 2 fully saturated rings. The molecule has 1 aliphatic carbocycles. The smallest absolute Gasteiger partial charge is 0.250 e. The van der Waals surface area contributed by atoms with Gasteiger partial charge < -0.3 is 10.1 Å². The van der Waals surface area contributed by atoms with Gasteiger partial charge in [0, 0.05) is 5.69 Å². The summed E-state index contributed by atoms with van der Waals surface area (Å²) >= 11 is 0. The number of rotatable bonds is 4. The Labute approximate surface area is 124 Å². The van der Waals surface area contributed by atoms with E-state index in [1.54, 1.807) is 11.8 Å². The highest BCUT2D eigenvalue weighted by atomic mass is 16.5. The molecule has 0 spiro atoms. The Bertz CT molecular complexity index is 551. The summed E-state index contributed by atoms with van der Waals surface area (Å²) < 4.78 is 5.41. The first-order valence-electron chi connectivity index (χ1n) is 7.48. The van der Waals surface area contributed by atoms with E-state index in [1.165, 1.54) is 0 Å². The van der Waals surface area contributed by atoms with E-state index >= 15 is 0 Å². The second-order valence-electron chi connectivity index (χ2n) is 5.63. The van der Waals surface area contributed by atoms with E-state index in [2.05, 4.69) is 5.32 Å². The number of hydrogen-bond donors (Lipinski definition) is 1. The van der Waals surface area contributed by atoms with E-state index in [4.69, 9.17) is 4.74 Å². The van der Waals surface area contributed by atoms with Crippen LogP contribution in [0.3, 0.4) is 0 Å². The van der Waals surface area contributed by atoms with Crippen LogP contribution < -0.4 is 15.0 Å². The maximum atomic E-state index is 12.7. The molecular formula is C16H20N2O3. The Morgan fingerprint density at radius 1 is 1.24 bits per heavy atom. The molecule has 1 aromatic rings. The molecule has 1 saturated carbocycles. The molecule has 2 amide bonds. The highest BCUT2D eigenvalue weighted by Gasteiger charge is 2.45. The van der Waals surface area contributed by atoms with Gasteiger partial charge in [-0.15, -0.1) is 0 Å². The molecule has 1 heterocycles. The van der Waals surface area contributed by atoms with Gasteiger partial charge in [-0.05, 0) is 56.9 Å². The van der Waals surface area contributed by atoms with Crippen molar-refractivity contribution in [1.29, 1.82) is 0 Å². The number of nitrogens with zero attached hydrogens (tertiary/aromatic N) is 1. The van der Waals surface area contributed by atoms with Crippen molar-refractivity contribution in [2.24, 2.45) is 5.92 Å². The largest absolute Gasteiger partial charge is 0.494 e. The van der Waals surface area contributed by atoms with Crippen LogP contribution in [0.1, 0.15) is 26.7 Å². The Morgan fingerprint density at radius 3 is 2.48 bits per heavy atom. The first-order valence-corrected chi connectivity index (χ1v) is 7.48. The summed E-state index contributed by atoms with van der Waals surface area (Å²) in [5, 5.41) is 2.85. The van der Waals surface area contributed by atoms with Crippen molar-refractivity contribution in [2.45, 2.75) is 38.8 Å². The van der Waals surface area contributed by atoms with Gasteiger partial charge >= 0.3 is 0 Å². The summed E-state index contributed by atoms with van der Waals surface area (Å²) in [6, 6.07) is 6.49. The third kappa shape index (κ3) is 2.60. The molecule has 0 radical (unpaired) electrons. The minimum atomic E-state index is -0.481. The molecule has 1 aromatic carbocycles. The van der Waals surface area contributed by atoms with Gasteiger partial charge in [0.2, 0.25) is 5.91 Å². The van der Waals surface area contributed by atoms with E-state index in [0.717, 1.165) is 24.3 Å². The summed E-state index contributed by atoms with van der Waals surface area (Å²) in [6.07, 6.45) is 2.03. The fourth-order valence-corrected chi connectivity index (χ4v) is 2.76. The lowest BCUT2D eigenvalue weighted by atomic mass is 10.0. The zero-order chi connectivity index (χ0) is 15.0. The topological polar surface area (TPSA) is 58.6 Å². The number of ether oxygens (including phenoxy) is 1. The monoisotopic (exact) mass is 288 g/mol. The molecule has 2 unspecified atom stereocenters. The third-order valence-corrected chi connectivity index (χ3v) is 4.09. The molecule has 21 heavy (non-hydrogen) atoms. The first-order chi connectivity index (χ1) is 10.1. The number of carbonyl (C=O) groups is 2. The van der Waals surface area contributed by atoms with Gasteiger partial charge in [-0.3, -0.25) is 14.5 Å². The van der Waals surface area contributed by atoms with Crippen LogP contribution in [0.2, 0.25) is 0 Å². The zero-order valence-electron chi connectivity index (χ0n) is 12.3. The van der Waals surface area contributed by atoms with Crippen LogP contribution in [-0.2, 0) is 9.59 Å². The van der Waals surface area contributed by atoms with Crippen molar-refractivity contribution in [3.8, 4) is 5.75 Å². The zero-order valence-corrected chi connectivity index (χ0v) is 12.3. The first kappa shape index (κ1) is 13.9. The molecule has 3 rings (SSSR count). The summed E-state index contributed by atoms with van der Waals surface area (Å²) in [5.41, 5.74) is 0.747. The number of nitrogens with one attached hydrogen (secondary N) is 1. The fourth-order valence-electron chi connectivity index (χ4n) is 2.76. The molecule has 5 heteroatoms. The highest BCUT2D eigenvalue weighted by Crippen LogP contribution is 2.36. The lowest BCUT2D eigenvalue weighted by Crippen LogP contribution is -2.63. The number of anilines is 1. The minimum Gasteiger partial charge on any atom is -0.494 e. The van der Waals surface area contributed by atoms with Crippen molar-refractivity contribution in [3.05, 3.63) is 24.3 Å². The predicted molar refractivity (Wildman–Crippen MR) is 79.2 cm³/mol. The van der Waals surface area contributed by atoms with Crippen molar-refractivity contribution < 1.29 is 14.3 Å². The van der Waals surface area contributed by atoms with Crippen molar-refractivity contribution >= 4 is 17.5 Å². The molecule has 112 valence electrons. The van der Waals surface area contributed by atoms with Crippen molar-refractivity contribution in [1.82, 2.24) is 5.32 Å². The van der Waals surface area contributed by atoms with Crippen LogP contribution in [0.15, 0.2) is 24.3 Å². The molecule has 2 aliphatic rings. The van der Waals surface area contributed by atoms with Crippen LogP contribution in [0.5, 0.6) is 5.75 Å². The summed E-state index contributed by atoms with van der Waals surface area (Å²) in [4.78, 5) is 26.4. The summed E-state index contributed by atoms with van der Waals surface area (Å²) in [5.74, 6) is 0.981. The van der Waals surface area contributed by atoms with Gasteiger partial charge in [-0.2, -0.15) is 0 Å². The maximum Gasteiger partial charge on any atom is 0.250 e. The molecule has 0 aromatic heterocycles. The normalized spacial score (nSPS) is 25.7. The molecular weight excluding hydrogens is 268 g/mol. The summed E-state index contributed by atoms with van der Waals surface area (Å²) in [6.45, 7) is 4.28. The average molecular weight is 288 g/mol. The maximum absolute atomic E-state index is 12.7. The molecule has 2 atom stereocenters. The average Bonchev–Trinajstić information content (AvgIpc) is 3.30. The van der Waals surface area contributed by atoms with Crippen LogP contribution in [0, 0.1) is 5.92 Å². The number of amides is 2. The second kappa shape index (κ2) is 5.39. The number of benzene rings is 1. The third-order valence-electron chi connectivity index (χ3n) is 4.09. The van der Waals surface area contributed by atoms with E-state index in [0.29, 0.717) is 12.5 Å². The lowest BCUT2D eigenvalue weighted by Gasteiger charge is -2.37. The van der Waals surface area contributed by atoms with Gasteiger partial charge in [0.1, 0.15) is 17.8 Å². The molecule has 1 N–H and O–H groups in total. The number of piperazine rings is 1. The second-order valence-corrected chi connectivity index (χ2v) is 5.63. The van der Waals surface area contributed by atoms with Gasteiger partial charge in [0.15, 0.2) is 0 Å². The number of hydrogen-bond acceptors (Lipinski definition) is 3. The Hall–Kier alpha value is -2.04. The molecule has 1 aliphatic heterocycles. The van der Waals surface area contributed by atoms with Crippen LogP contribution in [0.25, 0.3) is 0 Å². The standard InChI is InChI=1S/C16H20N2O3/c1-3-21-13-8-6-12(7-9-13)18-10(2)15(19)17-14(16(18)20)11-4-5-11/h6-11,14H,3-5H2,1-2H3,(H,17,19). The van der Waals surface area contributed by atoms with Gasteiger partial charge in [0.25, 0.3) is 5.91 Å². The predicted octanol–water partition coefficient (Wildman–Crippen LogP) is 1.72. The Morgan fingerprint density at radius 2 is 1.90 bits per heavy atom. The quantitative estimate of drug-likeness (QED) is 0.917. The fraction of sp³-hybridized carbons (Fsp3) is 0.500.